The molecular formula is C18H19N3O3. The lowest BCUT2D eigenvalue weighted by molar-refractivity contribution is -0.124. The number of pyridine rings is 1. The van der Waals surface area contributed by atoms with Crippen LogP contribution in [0.5, 0.6) is 0 Å². The number of aromatic nitrogens is 1. The number of anilines is 1. The predicted octanol–water partition coefficient (Wildman–Crippen LogP) is 2.13. The maximum atomic E-state index is 12.1. The first-order valence-electron chi connectivity index (χ1n) is 7.92. The Morgan fingerprint density at radius 2 is 2.04 bits per heavy atom. The second kappa shape index (κ2) is 7.70. The highest BCUT2D eigenvalue weighted by molar-refractivity contribution is 5.96. The molecule has 2 N–H and O–H groups in total. The van der Waals surface area contributed by atoms with Gasteiger partial charge in [-0.2, -0.15) is 0 Å². The Morgan fingerprint density at radius 3 is 2.71 bits per heavy atom. The molecule has 6 heteroatoms. The van der Waals surface area contributed by atoms with E-state index >= 15 is 0 Å². The van der Waals surface area contributed by atoms with Gasteiger partial charge in [0, 0.05) is 36.8 Å². The summed E-state index contributed by atoms with van der Waals surface area (Å²) in [6.45, 7) is 1.05. The lowest BCUT2D eigenvalue weighted by Gasteiger charge is -2.11. The fourth-order valence-electron chi connectivity index (χ4n) is 2.50. The third kappa shape index (κ3) is 4.17. The van der Waals surface area contributed by atoms with Gasteiger partial charge >= 0.3 is 0 Å². The molecule has 1 fully saturated rings. The van der Waals surface area contributed by atoms with Crippen molar-refractivity contribution in [3.63, 3.8) is 0 Å². The molecule has 1 aliphatic heterocycles. The van der Waals surface area contributed by atoms with Gasteiger partial charge in [-0.05, 0) is 48.7 Å². The highest BCUT2D eigenvalue weighted by atomic mass is 16.5. The van der Waals surface area contributed by atoms with Crippen LogP contribution < -0.4 is 10.6 Å². The number of benzene rings is 1. The van der Waals surface area contributed by atoms with Crippen LogP contribution in [0.15, 0.2) is 48.8 Å². The lowest BCUT2D eigenvalue weighted by atomic mass is 10.1. The summed E-state index contributed by atoms with van der Waals surface area (Å²) in [6.07, 6.45) is 4.70. The summed E-state index contributed by atoms with van der Waals surface area (Å²) in [5.41, 5.74) is 2.12. The maximum absolute atomic E-state index is 12.1. The molecule has 24 heavy (non-hydrogen) atoms. The molecule has 1 aliphatic rings. The molecule has 1 saturated heterocycles. The minimum atomic E-state index is -0.368. The number of nitrogens with one attached hydrogen (secondary N) is 2. The highest BCUT2D eigenvalue weighted by Gasteiger charge is 2.23. The zero-order valence-corrected chi connectivity index (χ0v) is 13.2. The zero-order valence-electron chi connectivity index (χ0n) is 13.2. The second-order valence-electron chi connectivity index (χ2n) is 5.61. The largest absolute Gasteiger partial charge is 0.368 e. The van der Waals surface area contributed by atoms with E-state index in [1.807, 2.05) is 12.1 Å². The fourth-order valence-corrected chi connectivity index (χ4v) is 2.50. The molecule has 1 aromatic heterocycles. The summed E-state index contributed by atoms with van der Waals surface area (Å²) in [7, 11) is 0. The van der Waals surface area contributed by atoms with Crippen LogP contribution in [-0.2, 0) is 16.1 Å². The number of hydrogen-bond donors (Lipinski definition) is 2. The summed E-state index contributed by atoms with van der Waals surface area (Å²) >= 11 is 0. The Bertz CT molecular complexity index is 695. The van der Waals surface area contributed by atoms with E-state index in [4.69, 9.17) is 4.74 Å². The molecule has 0 aliphatic carbocycles. The molecule has 2 amide bonds. The molecule has 0 spiro atoms. The standard InChI is InChI=1S/C18H19N3O3/c22-17(20-12-13-3-1-9-19-11-13)14-5-7-15(8-6-14)21-18(23)16-4-2-10-24-16/h1,3,5-9,11,16H,2,4,10,12H2,(H,20,22)(H,21,23). The predicted molar refractivity (Wildman–Crippen MR) is 89.5 cm³/mol. The van der Waals surface area contributed by atoms with Gasteiger partial charge < -0.3 is 15.4 Å². The van der Waals surface area contributed by atoms with Crippen molar-refractivity contribution in [3.05, 3.63) is 59.9 Å². The van der Waals surface area contributed by atoms with Gasteiger partial charge in [0.15, 0.2) is 0 Å². The SMILES string of the molecule is O=C(NCc1cccnc1)c1ccc(NC(=O)C2CCCO2)cc1. The van der Waals surface area contributed by atoms with Crippen LogP contribution >= 0.6 is 0 Å². The van der Waals surface area contributed by atoms with E-state index in [9.17, 15) is 9.59 Å². The third-order valence-corrected chi connectivity index (χ3v) is 3.81. The van der Waals surface area contributed by atoms with Gasteiger partial charge in [-0.15, -0.1) is 0 Å². The lowest BCUT2D eigenvalue weighted by Crippen LogP contribution is -2.27. The summed E-state index contributed by atoms with van der Waals surface area (Å²) in [5, 5.41) is 5.64. The Hall–Kier alpha value is -2.73. The first-order chi connectivity index (χ1) is 11.7. The van der Waals surface area contributed by atoms with Crippen molar-refractivity contribution >= 4 is 17.5 Å². The molecule has 0 radical (unpaired) electrons. The molecule has 124 valence electrons. The van der Waals surface area contributed by atoms with Gasteiger partial charge in [-0.3, -0.25) is 14.6 Å². The van der Waals surface area contributed by atoms with Crippen LogP contribution in [0, 0.1) is 0 Å². The normalized spacial score (nSPS) is 16.6. The number of carbonyl (C=O) groups is 2. The molecule has 0 bridgehead atoms. The Balaban J connectivity index is 1.53. The average Bonchev–Trinajstić information content (AvgIpc) is 3.16. The van der Waals surface area contributed by atoms with Gasteiger partial charge in [-0.25, -0.2) is 0 Å². The molecule has 1 aromatic carbocycles. The molecule has 1 atom stereocenters. The van der Waals surface area contributed by atoms with Gasteiger partial charge in [-0.1, -0.05) is 6.07 Å². The van der Waals surface area contributed by atoms with E-state index in [0.29, 0.717) is 24.4 Å². The van der Waals surface area contributed by atoms with Gasteiger partial charge in [0.2, 0.25) is 0 Å². The van der Waals surface area contributed by atoms with Crippen LogP contribution in [0.1, 0.15) is 28.8 Å². The minimum Gasteiger partial charge on any atom is -0.368 e. The Morgan fingerprint density at radius 1 is 1.21 bits per heavy atom. The Labute approximate surface area is 140 Å². The fraction of sp³-hybridized carbons (Fsp3) is 0.278. The van der Waals surface area contributed by atoms with E-state index in [1.165, 1.54) is 0 Å². The Kier molecular flexibility index (Phi) is 5.18. The topological polar surface area (TPSA) is 80.3 Å². The number of ether oxygens (including phenoxy) is 1. The highest BCUT2D eigenvalue weighted by Crippen LogP contribution is 2.16. The van der Waals surface area contributed by atoms with E-state index < -0.39 is 0 Å². The van der Waals surface area contributed by atoms with E-state index in [0.717, 1.165) is 18.4 Å². The third-order valence-electron chi connectivity index (χ3n) is 3.81. The molecule has 6 nitrogen and oxygen atoms in total. The maximum Gasteiger partial charge on any atom is 0.253 e. The van der Waals surface area contributed by atoms with Crippen LogP contribution in [-0.4, -0.2) is 29.5 Å². The summed E-state index contributed by atoms with van der Waals surface area (Å²) in [5.74, 6) is -0.308. The number of nitrogens with zero attached hydrogens (tertiary/aromatic N) is 1. The minimum absolute atomic E-state index is 0.138. The average molecular weight is 325 g/mol. The number of amides is 2. The zero-order chi connectivity index (χ0) is 16.8. The van der Waals surface area contributed by atoms with Gasteiger partial charge in [0.25, 0.3) is 11.8 Å². The van der Waals surface area contributed by atoms with Gasteiger partial charge in [0.1, 0.15) is 6.10 Å². The first-order valence-corrected chi connectivity index (χ1v) is 7.92. The molecule has 1 unspecified atom stereocenters. The smallest absolute Gasteiger partial charge is 0.253 e. The van der Waals surface area contributed by atoms with E-state index in [2.05, 4.69) is 15.6 Å². The number of hydrogen-bond acceptors (Lipinski definition) is 4. The number of rotatable bonds is 5. The van der Waals surface area contributed by atoms with Crippen molar-refractivity contribution in [1.29, 1.82) is 0 Å². The summed E-state index contributed by atoms with van der Waals surface area (Å²) < 4.78 is 5.34. The molecular weight excluding hydrogens is 306 g/mol. The summed E-state index contributed by atoms with van der Waals surface area (Å²) in [6, 6.07) is 10.5. The second-order valence-corrected chi connectivity index (χ2v) is 5.61. The van der Waals surface area contributed by atoms with E-state index in [1.54, 1.807) is 36.7 Å². The summed E-state index contributed by atoms with van der Waals surface area (Å²) in [4.78, 5) is 28.1. The molecule has 2 aromatic rings. The van der Waals surface area contributed by atoms with Crippen LogP contribution in [0.3, 0.4) is 0 Å². The van der Waals surface area contributed by atoms with Crippen molar-refractivity contribution in [1.82, 2.24) is 10.3 Å². The van der Waals surface area contributed by atoms with Crippen molar-refractivity contribution in [3.8, 4) is 0 Å². The molecule has 3 rings (SSSR count). The quantitative estimate of drug-likeness (QED) is 0.882. The molecule has 0 saturated carbocycles. The van der Waals surface area contributed by atoms with Crippen molar-refractivity contribution in [2.24, 2.45) is 0 Å². The van der Waals surface area contributed by atoms with Crippen LogP contribution in [0.2, 0.25) is 0 Å². The van der Waals surface area contributed by atoms with Crippen molar-refractivity contribution in [2.75, 3.05) is 11.9 Å². The van der Waals surface area contributed by atoms with Crippen LogP contribution in [0.4, 0.5) is 5.69 Å². The first kappa shape index (κ1) is 16.1. The van der Waals surface area contributed by atoms with Crippen LogP contribution in [0.25, 0.3) is 0 Å². The van der Waals surface area contributed by atoms with Gasteiger partial charge in [0.05, 0.1) is 0 Å². The monoisotopic (exact) mass is 325 g/mol. The molecule has 2 heterocycles. The number of carbonyl (C=O) groups excluding carboxylic acids is 2. The van der Waals surface area contributed by atoms with E-state index in [-0.39, 0.29) is 17.9 Å². The van der Waals surface area contributed by atoms with Crippen molar-refractivity contribution < 1.29 is 14.3 Å². The van der Waals surface area contributed by atoms with Crippen molar-refractivity contribution in [2.45, 2.75) is 25.5 Å².